The van der Waals surface area contributed by atoms with Crippen LogP contribution in [0.1, 0.15) is 47.2 Å². The zero-order chi connectivity index (χ0) is 22.0. The number of carboxylic acid groups (broad SMARTS) is 1. The third kappa shape index (κ3) is 4.68. The number of halogens is 1. The van der Waals surface area contributed by atoms with Crippen molar-refractivity contribution >= 4 is 23.5 Å². The Morgan fingerprint density at radius 1 is 1.16 bits per heavy atom. The molecule has 1 aliphatic heterocycles. The molecule has 6 heteroatoms. The van der Waals surface area contributed by atoms with Crippen molar-refractivity contribution in [3.8, 4) is 0 Å². The van der Waals surface area contributed by atoms with Gasteiger partial charge in [0, 0.05) is 23.4 Å². The van der Waals surface area contributed by atoms with E-state index in [1.54, 1.807) is 24.3 Å². The minimum Gasteiger partial charge on any atom is -0.478 e. The van der Waals surface area contributed by atoms with Gasteiger partial charge in [0.1, 0.15) is 0 Å². The van der Waals surface area contributed by atoms with Gasteiger partial charge >= 0.3 is 5.97 Å². The van der Waals surface area contributed by atoms with Crippen LogP contribution in [0, 0.1) is 0 Å². The Kier molecular flexibility index (Phi) is 6.17. The van der Waals surface area contributed by atoms with Crippen LogP contribution in [-0.4, -0.2) is 45.7 Å². The first-order chi connectivity index (χ1) is 14.9. The summed E-state index contributed by atoms with van der Waals surface area (Å²) in [6, 6.07) is 14.4. The van der Waals surface area contributed by atoms with Crippen molar-refractivity contribution in [1.82, 2.24) is 4.90 Å². The normalized spacial score (nSPS) is 20.9. The molecule has 0 spiro atoms. The summed E-state index contributed by atoms with van der Waals surface area (Å²) in [5.41, 5.74) is 2.09. The highest BCUT2D eigenvalue weighted by molar-refractivity contribution is 6.30. The number of aromatic carboxylic acids is 1. The van der Waals surface area contributed by atoms with E-state index >= 15 is 0 Å². The first-order valence-corrected chi connectivity index (χ1v) is 11.0. The molecule has 4 rings (SSSR count). The van der Waals surface area contributed by atoms with Crippen LogP contribution >= 0.6 is 11.6 Å². The molecule has 0 radical (unpaired) electrons. The fourth-order valence-electron chi connectivity index (χ4n) is 4.40. The molecule has 1 saturated carbocycles. The Morgan fingerprint density at radius 2 is 1.84 bits per heavy atom. The van der Waals surface area contributed by atoms with Crippen LogP contribution in [0.5, 0.6) is 0 Å². The molecule has 1 aliphatic carbocycles. The Hall–Kier alpha value is -2.63. The van der Waals surface area contributed by atoms with Crippen molar-refractivity contribution in [2.45, 2.75) is 49.7 Å². The number of nitrogens with zero attached hydrogens (tertiary/aromatic N) is 1. The molecule has 0 bridgehead atoms. The second-order valence-corrected chi connectivity index (χ2v) is 8.87. The number of hydrogen-bond donors (Lipinski definition) is 2. The minimum absolute atomic E-state index is 0.0264. The van der Waals surface area contributed by atoms with E-state index in [2.05, 4.69) is 0 Å². The number of aliphatic hydroxyl groups is 1. The van der Waals surface area contributed by atoms with E-state index in [1.807, 2.05) is 41.3 Å². The maximum atomic E-state index is 12.4. The van der Waals surface area contributed by atoms with E-state index in [9.17, 15) is 14.7 Å². The van der Waals surface area contributed by atoms with Gasteiger partial charge in [-0.25, -0.2) is 4.79 Å². The van der Waals surface area contributed by atoms with E-state index in [0.29, 0.717) is 24.4 Å². The smallest absolute Gasteiger partial charge is 0.335 e. The molecule has 2 aromatic carbocycles. The third-order valence-corrected chi connectivity index (χ3v) is 6.76. The van der Waals surface area contributed by atoms with Crippen LogP contribution in [-0.2, 0) is 16.6 Å². The lowest BCUT2D eigenvalue weighted by Crippen LogP contribution is -2.34. The molecule has 31 heavy (non-hydrogen) atoms. The maximum Gasteiger partial charge on any atom is 0.335 e. The first-order valence-electron chi connectivity index (χ1n) is 10.6. The lowest BCUT2D eigenvalue weighted by atomic mass is 9.89. The Bertz CT molecular complexity index is 980. The lowest BCUT2D eigenvalue weighted by molar-refractivity contribution is -0.128. The van der Waals surface area contributed by atoms with Crippen LogP contribution < -0.4 is 0 Å². The third-order valence-electron chi connectivity index (χ3n) is 6.51. The van der Waals surface area contributed by atoms with Gasteiger partial charge < -0.3 is 15.1 Å². The van der Waals surface area contributed by atoms with Gasteiger partial charge in [-0.1, -0.05) is 48.0 Å². The zero-order valence-corrected chi connectivity index (χ0v) is 18.0. The van der Waals surface area contributed by atoms with Crippen molar-refractivity contribution in [2.24, 2.45) is 0 Å². The van der Waals surface area contributed by atoms with Crippen molar-refractivity contribution in [1.29, 1.82) is 0 Å². The van der Waals surface area contributed by atoms with Gasteiger partial charge in [0.2, 0.25) is 5.91 Å². The molecule has 2 atom stereocenters. The number of hydrogen-bond acceptors (Lipinski definition) is 3. The molecular formula is C25H26ClNO4. The van der Waals surface area contributed by atoms with Gasteiger partial charge in [0.15, 0.2) is 0 Å². The van der Waals surface area contributed by atoms with Gasteiger partial charge in [-0.15, -0.1) is 0 Å². The van der Waals surface area contributed by atoms with Gasteiger partial charge in [-0.05, 0) is 61.1 Å². The highest BCUT2D eigenvalue weighted by atomic mass is 35.5. The minimum atomic E-state index is -0.947. The summed E-state index contributed by atoms with van der Waals surface area (Å²) in [5.74, 6) is -0.831. The topological polar surface area (TPSA) is 77.8 Å². The molecule has 1 heterocycles. The van der Waals surface area contributed by atoms with Crippen LogP contribution in [0.2, 0.25) is 5.02 Å². The average Bonchev–Trinajstić information content (AvgIpc) is 3.50. The molecule has 162 valence electrons. The fourth-order valence-corrected chi connectivity index (χ4v) is 4.53. The first kappa shape index (κ1) is 21.6. The summed E-state index contributed by atoms with van der Waals surface area (Å²) in [4.78, 5) is 25.2. The standard InChI is InChI=1S/C25H26ClNO4/c26-20-7-5-19(6-8-20)25(14-15-25)22(28)11-9-21-10-12-23(29)27(21)16-13-17-1-3-18(4-2-17)24(30)31/h1-9,11,21-22,28H,10,12-16H2,(H,30,31)/b11-9+/t21-,22+/m0/s1. The van der Waals surface area contributed by atoms with Gasteiger partial charge in [-0.3, -0.25) is 4.79 Å². The molecular weight excluding hydrogens is 414 g/mol. The van der Waals surface area contributed by atoms with Gasteiger partial charge in [-0.2, -0.15) is 0 Å². The van der Waals surface area contributed by atoms with Crippen LogP contribution in [0.4, 0.5) is 0 Å². The predicted octanol–water partition coefficient (Wildman–Crippen LogP) is 4.22. The van der Waals surface area contributed by atoms with Crippen molar-refractivity contribution in [3.63, 3.8) is 0 Å². The second-order valence-electron chi connectivity index (χ2n) is 8.44. The Morgan fingerprint density at radius 3 is 2.45 bits per heavy atom. The van der Waals surface area contributed by atoms with Crippen LogP contribution in [0.15, 0.2) is 60.7 Å². The second kappa shape index (κ2) is 8.85. The van der Waals surface area contributed by atoms with E-state index < -0.39 is 12.1 Å². The predicted molar refractivity (Wildman–Crippen MR) is 119 cm³/mol. The molecule has 2 N–H and O–H groups in total. The molecule has 1 amide bonds. The van der Waals surface area contributed by atoms with Crippen molar-refractivity contribution in [3.05, 3.63) is 82.4 Å². The highest BCUT2D eigenvalue weighted by Gasteiger charge is 2.49. The van der Waals surface area contributed by atoms with Crippen molar-refractivity contribution in [2.75, 3.05) is 6.54 Å². The number of carboxylic acids is 1. The average molecular weight is 440 g/mol. The molecule has 1 saturated heterocycles. The quantitative estimate of drug-likeness (QED) is 0.603. The SMILES string of the molecule is O=C(O)c1ccc(CCN2C(=O)CC[C@@H]2/C=C/[C@@H](O)C2(c3ccc(Cl)cc3)CC2)cc1. The number of carbonyl (C=O) groups is 2. The molecule has 0 unspecified atom stereocenters. The van der Waals surface area contributed by atoms with Gasteiger partial charge in [0.25, 0.3) is 0 Å². The van der Waals surface area contributed by atoms with Crippen LogP contribution in [0.3, 0.4) is 0 Å². The summed E-state index contributed by atoms with van der Waals surface area (Å²) in [7, 11) is 0. The lowest BCUT2D eigenvalue weighted by Gasteiger charge is -2.24. The molecule has 2 fully saturated rings. The summed E-state index contributed by atoms with van der Waals surface area (Å²) < 4.78 is 0. The molecule has 0 aromatic heterocycles. The highest BCUT2D eigenvalue weighted by Crippen LogP contribution is 2.51. The largest absolute Gasteiger partial charge is 0.478 e. The fraction of sp³-hybridized carbons (Fsp3) is 0.360. The van der Waals surface area contributed by atoms with Crippen molar-refractivity contribution < 1.29 is 19.8 Å². The van der Waals surface area contributed by atoms with Gasteiger partial charge in [0.05, 0.1) is 17.7 Å². The molecule has 5 nitrogen and oxygen atoms in total. The van der Waals surface area contributed by atoms with E-state index in [1.165, 1.54) is 0 Å². The number of aliphatic hydroxyl groups excluding tert-OH is 1. The number of benzene rings is 2. The maximum absolute atomic E-state index is 12.4. The summed E-state index contributed by atoms with van der Waals surface area (Å²) in [6.45, 7) is 0.568. The molecule has 2 aliphatic rings. The number of amides is 1. The number of carbonyl (C=O) groups excluding carboxylic acids is 1. The summed E-state index contributed by atoms with van der Waals surface area (Å²) >= 11 is 5.99. The number of rotatable bonds is 8. The summed E-state index contributed by atoms with van der Waals surface area (Å²) in [6.07, 6.45) is 6.99. The zero-order valence-electron chi connectivity index (χ0n) is 17.2. The summed E-state index contributed by atoms with van der Waals surface area (Å²) in [5, 5.41) is 20.6. The number of likely N-dealkylation sites (tertiary alicyclic amines) is 1. The monoisotopic (exact) mass is 439 g/mol. The van der Waals surface area contributed by atoms with Crippen LogP contribution in [0.25, 0.3) is 0 Å². The molecule has 2 aromatic rings. The van der Waals surface area contributed by atoms with E-state index in [0.717, 1.165) is 30.4 Å². The van der Waals surface area contributed by atoms with E-state index in [4.69, 9.17) is 16.7 Å². The Labute approximate surface area is 187 Å². The Balaban J connectivity index is 1.39. The van der Waals surface area contributed by atoms with E-state index in [-0.39, 0.29) is 22.9 Å².